The van der Waals surface area contributed by atoms with Crippen LogP contribution in [0, 0.1) is 11.8 Å². The minimum atomic E-state index is -0.821. The van der Waals surface area contributed by atoms with Gasteiger partial charge in [0.05, 0.1) is 0 Å². The fraction of sp³-hybridized carbons (Fsp3) is 0.588. The van der Waals surface area contributed by atoms with Crippen molar-refractivity contribution in [2.45, 2.75) is 51.5 Å². The third-order valence-corrected chi connectivity index (χ3v) is 4.77. The van der Waals surface area contributed by atoms with E-state index in [1.165, 1.54) is 0 Å². The molecule has 116 valence electrons. The highest BCUT2D eigenvalue weighted by atomic mass is 79.9. The Morgan fingerprint density at radius 3 is 2.90 bits per heavy atom. The van der Waals surface area contributed by atoms with Crippen molar-refractivity contribution in [1.82, 2.24) is 0 Å². The Bertz CT molecular complexity index is 503. The fourth-order valence-corrected chi connectivity index (χ4v) is 3.86. The standard InChI is InChI=1S/C17H24BrNO2/c1-12(2)9-13-5-4-8-17(11-13,16(20)21)19-15-7-3-6-14(18)10-15/h3,6-7,10,12-13,19H,4-5,8-9,11H2,1-2H3,(H,20,21). The molecule has 0 aromatic heterocycles. The maximum absolute atomic E-state index is 11.9. The van der Waals surface area contributed by atoms with Crippen molar-refractivity contribution < 1.29 is 9.90 Å². The molecular formula is C17H24BrNO2. The van der Waals surface area contributed by atoms with E-state index in [2.05, 4.69) is 35.1 Å². The van der Waals surface area contributed by atoms with Crippen LogP contribution in [0.15, 0.2) is 28.7 Å². The first-order valence-corrected chi connectivity index (χ1v) is 8.48. The van der Waals surface area contributed by atoms with Crippen LogP contribution in [0.25, 0.3) is 0 Å². The Hall–Kier alpha value is -1.03. The van der Waals surface area contributed by atoms with Crippen molar-refractivity contribution in [2.75, 3.05) is 5.32 Å². The van der Waals surface area contributed by atoms with Gasteiger partial charge >= 0.3 is 5.97 Å². The summed E-state index contributed by atoms with van der Waals surface area (Å²) in [7, 11) is 0. The molecule has 1 aromatic carbocycles. The topological polar surface area (TPSA) is 49.3 Å². The molecule has 21 heavy (non-hydrogen) atoms. The predicted molar refractivity (Wildman–Crippen MR) is 89.5 cm³/mol. The van der Waals surface area contributed by atoms with Gasteiger partial charge in [-0.15, -0.1) is 0 Å². The lowest BCUT2D eigenvalue weighted by atomic mass is 9.73. The number of rotatable bonds is 5. The SMILES string of the molecule is CC(C)CC1CCCC(Nc2cccc(Br)c2)(C(=O)O)C1. The van der Waals surface area contributed by atoms with Gasteiger partial charge in [0.15, 0.2) is 0 Å². The summed E-state index contributed by atoms with van der Waals surface area (Å²) < 4.78 is 0.961. The van der Waals surface area contributed by atoms with Crippen LogP contribution in [0.2, 0.25) is 0 Å². The van der Waals surface area contributed by atoms with E-state index in [1.54, 1.807) is 0 Å². The van der Waals surface area contributed by atoms with Gasteiger partial charge in [-0.1, -0.05) is 48.7 Å². The van der Waals surface area contributed by atoms with Gasteiger partial charge in [0.2, 0.25) is 0 Å². The van der Waals surface area contributed by atoms with Crippen molar-refractivity contribution in [3.05, 3.63) is 28.7 Å². The average molecular weight is 354 g/mol. The van der Waals surface area contributed by atoms with Gasteiger partial charge < -0.3 is 10.4 Å². The summed E-state index contributed by atoms with van der Waals surface area (Å²) in [4.78, 5) is 11.9. The molecular weight excluding hydrogens is 330 g/mol. The van der Waals surface area contributed by atoms with Gasteiger partial charge in [-0.3, -0.25) is 0 Å². The molecule has 0 amide bonds. The Morgan fingerprint density at radius 1 is 1.52 bits per heavy atom. The molecule has 1 aliphatic carbocycles. The highest BCUT2D eigenvalue weighted by Crippen LogP contribution is 2.38. The molecule has 0 bridgehead atoms. The summed E-state index contributed by atoms with van der Waals surface area (Å²) in [5.41, 5.74) is 0.0514. The van der Waals surface area contributed by atoms with Crippen molar-refractivity contribution in [2.24, 2.45) is 11.8 Å². The second-order valence-corrected chi connectivity index (χ2v) is 7.53. The van der Waals surface area contributed by atoms with Gasteiger partial charge in [0.1, 0.15) is 5.54 Å². The molecule has 0 radical (unpaired) electrons. The van der Waals surface area contributed by atoms with E-state index < -0.39 is 11.5 Å². The highest BCUT2D eigenvalue weighted by Gasteiger charge is 2.43. The molecule has 1 fully saturated rings. The van der Waals surface area contributed by atoms with Crippen molar-refractivity contribution in [1.29, 1.82) is 0 Å². The minimum Gasteiger partial charge on any atom is -0.480 e. The van der Waals surface area contributed by atoms with E-state index in [-0.39, 0.29) is 0 Å². The van der Waals surface area contributed by atoms with E-state index in [0.717, 1.165) is 29.4 Å². The van der Waals surface area contributed by atoms with E-state index in [1.807, 2.05) is 24.3 Å². The smallest absolute Gasteiger partial charge is 0.329 e. The van der Waals surface area contributed by atoms with Crippen molar-refractivity contribution in [3.8, 4) is 0 Å². The van der Waals surface area contributed by atoms with Crippen LogP contribution in [-0.4, -0.2) is 16.6 Å². The lowest BCUT2D eigenvalue weighted by molar-refractivity contribution is -0.144. The van der Waals surface area contributed by atoms with Gasteiger partial charge in [-0.2, -0.15) is 0 Å². The first-order chi connectivity index (χ1) is 9.91. The number of carbonyl (C=O) groups is 1. The van der Waals surface area contributed by atoms with Crippen LogP contribution in [0.5, 0.6) is 0 Å². The zero-order valence-electron chi connectivity index (χ0n) is 12.7. The van der Waals surface area contributed by atoms with E-state index >= 15 is 0 Å². The Balaban J connectivity index is 2.18. The first-order valence-electron chi connectivity index (χ1n) is 7.68. The number of carboxylic acids is 1. The normalized spacial score (nSPS) is 25.8. The highest BCUT2D eigenvalue weighted by molar-refractivity contribution is 9.10. The van der Waals surface area contributed by atoms with Gasteiger partial charge in [-0.25, -0.2) is 4.79 Å². The molecule has 2 unspecified atom stereocenters. The van der Waals surface area contributed by atoms with Crippen LogP contribution in [-0.2, 0) is 4.79 Å². The van der Waals surface area contributed by atoms with Crippen molar-refractivity contribution >= 4 is 27.6 Å². The molecule has 0 saturated heterocycles. The third kappa shape index (κ3) is 4.22. The number of hydrogen-bond acceptors (Lipinski definition) is 2. The monoisotopic (exact) mass is 353 g/mol. The van der Waals surface area contributed by atoms with E-state index in [9.17, 15) is 9.90 Å². The molecule has 0 aliphatic heterocycles. The number of halogens is 1. The summed E-state index contributed by atoms with van der Waals surface area (Å²) >= 11 is 3.44. The molecule has 2 rings (SSSR count). The Morgan fingerprint density at radius 2 is 2.29 bits per heavy atom. The lowest BCUT2D eigenvalue weighted by Gasteiger charge is -2.39. The zero-order valence-corrected chi connectivity index (χ0v) is 14.3. The number of anilines is 1. The van der Waals surface area contributed by atoms with Gasteiger partial charge in [0, 0.05) is 10.2 Å². The summed E-state index contributed by atoms with van der Waals surface area (Å²) in [5, 5.41) is 13.1. The Labute approximate surface area is 135 Å². The molecule has 1 aliphatic rings. The minimum absolute atomic E-state index is 0.495. The summed E-state index contributed by atoms with van der Waals surface area (Å²) in [5.74, 6) is 0.385. The predicted octanol–water partition coefficient (Wildman–Crippen LogP) is 4.92. The molecule has 1 aromatic rings. The van der Waals surface area contributed by atoms with Gasteiger partial charge in [-0.05, 0) is 49.3 Å². The molecule has 1 saturated carbocycles. The maximum Gasteiger partial charge on any atom is 0.329 e. The average Bonchev–Trinajstić information content (AvgIpc) is 2.38. The third-order valence-electron chi connectivity index (χ3n) is 4.28. The molecule has 4 heteroatoms. The van der Waals surface area contributed by atoms with Crippen LogP contribution in [0.1, 0.15) is 46.0 Å². The Kier molecular flexibility index (Phi) is 5.31. The summed E-state index contributed by atoms with van der Waals surface area (Å²) in [6, 6.07) is 7.75. The number of benzene rings is 1. The van der Waals surface area contributed by atoms with Crippen molar-refractivity contribution in [3.63, 3.8) is 0 Å². The van der Waals surface area contributed by atoms with Gasteiger partial charge in [0.25, 0.3) is 0 Å². The lowest BCUT2D eigenvalue weighted by Crippen LogP contribution is -2.50. The number of carboxylic acid groups (broad SMARTS) is 1. The maximum atomic E-state index is 11.9. The number of aliphatic carboxylic acids is 1. The summed E-state index contributed by atoms with van der Waals surface area (Å²) in [6.07, 6.45) is 4.64. The van der Waals surface area contributed by atoms with Crippen LogP contribution in [0.4, 0.5) is 5.69 Å². The van der Waals surface area contributed by atoms with Crippen LogP contribution < -0.4 is 5.32 Å². The quantitative estimate of drug-likeness (QED) is 0.789. The van der Waals surface area contributed by atoms with Crippen LogP contribution in [0.3, 0.4) is 0 Å². The second kappa shape index (κ2) is 6.82. The molecule has 0 heterocycles. The summed E-state index contributed by atoms with van der Waals surface area (Å²) in [6.45, 7) is 4.41. The first kappa shape index (κ1) is 16.3. The molecule has 2 atom stereocenters. The fourth-order valence-electron chi connectivity index (χ4n) is 3.46. The molecule has 0 spiro atoms. The number of nitrogens with one attached hydrogen (secondary N) is 1. The molecule has 2 N–H and O–H groups in total. The zero-order chi connectivity index (χ0) is 15.5. The van der Waals surface area contributed by atoms with E-state index in [4.69, 9.17) is 0 Å². The largest absolute Gasteiger partial charge is 0.480 e. The van der Waals surface area contributed by atoms with E-state index in [0.29, 0.717) is 24.7 Å². The molecule has 3 nitrogen and oxygen atoms in total. The number of hydrogen-bond donors (Lipinski definition) is 2. The van der Waals surface area contributed by atoms with Crippen LogP contribution >= 0.6 is 15.9 Å². The second-order valence-electron chi connectivity index (χ2n) is 6.61.